The quantitative estimate of drug-likeness (QED) is 0.346. The minimum atomic E-state index is -0.618. The van der Waals surface area contributed by atoms with E-state index >= 15 is 0 Å². The molecule has 9 heteroatoms. The van der Waals surface area contributed by atoms with Gasteiger partial charge in [-0.2, -0.15) is 0 Å². The number of carbonyl (C=O) groups is 3. The zero-order valence-electron chi connectivity index (χ0n) is 20.1. The van der Waals surface area contributed by atoms with Gasteiger partial charge in [0.15, 0.2) is 0 Å². The molecule has 3 rings (SSSR count). The Morgan fingerprint density at radius 2 is 1.69 bits per heavy atom. The fourth-order valence-corrected chi connectivity index (χ4v) is 4.46. The van der Waals surface area contributed by atoms with E-state index in [0.717, 1.165) is 22.4 Å². The van der Waals surface area contributed by atoms with Crippen LogP contribution in [0.2, 0.25) is 5.02 Å². The van der Waals surface area contributed by atoms with Crippen LogP contribution in [0.25, 0.3) is 11.1 Å². The molecule has 0 aliphatic heterocycles. The molecule has 188 valence electrons. The van der Waals surface area contributed by atoms with Crippen LogP contribution in [0.1, 0.15) is 22.8 Å². The van der Waals surface area contributed by atoms with Gasteiger partial charge in [0.1, 0.15) is 5.82 Å². The topological polar surface area (TPSA) is 75.7 Å². The standard InChI is InChI=1S/C27H26ClFN2O4S/c1-4-31(24-13-19(6-5-17(24)2)18-7-10-21(29)11-8-18)26(33)16-36-15-25(32)30-23-12-9-20(28)14-22(23)27(34)35-3/h5-14H,4,15-16H2,1-3H3,(H,30,32). The first kappa shape index (κ1) is 27.2. The van der Waals surface area contributed by atoms with Gasteiger partial charge in [0.25, 0.3) is 0 Å². The Bertz CT molecular complexity index is 1270. The summed E-state index contributed by atoms with van der Waals surface area (Å²) in [6.07, 6.45) is 0. The summed E-state index contributed by atoms with van der Waals surface area (Å²) in [5.74, 6) is -1.33. The predicted molar refractivity (Wildman–Crippen MR) is 143 cm³/mol. The maximum atomic E-state index is 13.3. The molecule has 0 saturated carbocycles. The summed E-state index contributed by atoms with van der Waals surface area (Å²) in [4.78, 5) is 39.1. The summed E-state index contributed by atoms with van der Waals surface area (Å²) in [5, 5.41) is 3.01. The molecule has 6 nitrogen and oxygen atoms in total. The van der Waals surface area contributed by atoms with Crippen molar-refractivity contribution in [3.63, 3.8) is 0 Å². The van der Waals surface area contributed by atoms with E-state index in [4.69, 9.17) is 16.3 Å². The van der Waals surface area contributed by atoms with Gasteiger partial charge >= 0.3 is 5.97 Å². The molecule has 0 bridgehead atoms. The number of halogens is 2. The number of ether oxygens (including phenoxy) is 1. The lowest BCUT2D eigenvalue weighted by Gasteiger charge is -2.24. The maximum Gasteiger partial charge on any atom is 0.340 e. The molecule has 0 saturated heterocycles. The Morgan fingerprint density at radius 3 is 2.36 bits per heavy atom. The lowest BCUT2D eigenvalue weighted by Crippen LogP contribution is -2.33. The van der Waals surface area contributed by atoms with E-state index in [1.807, 2.05) is 32.0 Å². The molecule has 0 radical (unpaired) electrons. The van der Waals surface area contributed by atoms with Crippen molar-refractivity contribution in [2.45, 2.75) is 13.8 Å². The van der Waals surface area contributed by atoms with Crippen molar-refractivity contribution in [3.05, 3.63) is 82.6 Å². The second-order valence-corrected chi connectivity index (χ2v) is 9.29. The molecule has 3 aromatic rings. The van der Waals surface area contributed by atoms with Gasteiger partial charge in [0, 0.05) is 17.3 Å². The maximum absolute atomic E-state index is 13.3. The van der Waals surface area contributed by atoms with Crippen LogP contribution in [0.5, 0.6) is 0 Å². The average molecular weight is 529 g/mol. The molecule has 3 aromatic carbocycles. The van der Waals surface area contributed by atoms with Crippen LogP contribution in [0.15, 0.2) is 60.7 Å². The van der Waals surface area contributed by atoms with Crippen molar-refractivity contribution in [2.75, 3.05) is 35.4 Å². The molecule has 0 aliphatic rings. The van der Waals surface area contributed by atoms with E-state index in [1.165, 1.54) is 43.1 Å². The molecule has 36 heavy (non-hydrogen) atoms. The molecule has 2 amide bonds. The van der Waals surface area contributed by atoms with E-state index in [0.29, 0.717) is 11.6 Å². The predicted octanol–water partition coefficient (Wildman–Crippen LogP) is 5.97. The highest BCUT2D eigenvalue weighted by molar-refractivity contribution is 8.00. The fraction of sp³-hybridized carbons (Fsp3) is 0.222. The van der Waals surface area contributed by atoms with Gasteiger partial charge < -0.3 is 15.0 Å². The van der Waals surface area contributed by atoms with Gasteiger partial charge in [-0.05, 0) is 66.9 Å². The summed E-state index contributed by atoms with van der Waals surface area (Å²) in [7, 11) is 1.24. The van der Waals surface area contributed by atoms with E-state index in [2.05, 4.69) is 5.32 Å². The third-order valence-electron chi connectivity index (χ3n) is 5.41. The minimum Gasteiger partial charge on any atom is -0.465 e. The highest BCUT2D eigenvalue weighted by Gasteiger charge is 2.19. The van der Waals surface area contributed by atoms with Crippen molar-refractivity contribution in [1.29, 1.82) is 0 Å². The number of thioether (sulfide) groups is 1. The fourth-order valence-electron chi connectivity index (χ4n) is 3.60. The number of carbonyl (C=O) groups excluding carboxylic acids is 3. The third-order valence-corrected chi connectivity index (χ3v) is 6.57. The van der Waals surface area contributed by atoms with Crippen molar-refractivity contribution >= 4 is 52.5 Å². The number of benzene rings is 3. The summed E-state index contributed by atoms with van der Waals surface area (Å²) >= 11 is 7.12. The Hall–Kier alpha value is -3.36. The van der Waals surface area contributed by atoms with Crippen molar-refractivity contribution in [3.8, 4) is 11.1 Å². The van der Waals surface area contributed by atoms with Gasteiger partial charge in [0.2, 0.25) is 11.8 Å². The van der Waals surface area contributed by atoms with Crippen LogP contribution >= 0.6 is 23.4 Å². The number of esters is 1. The number of nitrogens with one attached hydrogen (secondary N) is 1. The Labute approximate surface area is 218 Å². The smallest absolute Gasteiger partial charge is 0.340 e. The zero-order valence-corrected chi connectivity index (χ0v) is 21.7. The van der Waals surface area contributed by atoms with E-state index in [9.17, 15) is 18.8 Å². The number of methoxy groups -OCH3 is 1. The monoisotopic (exact) mass is 528 g/mol. The van der Waals surface area contributed by atoms with Crippen molar-refractivity contribution < 1.29 is 23.5 Å². The van der Waals surface area contributed by atoms with Gasteiger partial charge in [-0.25, -0.2) is 9.18 Å². The Morgan fingerprint density at radius 1 is 1.00 bits per heavy atom. The van der Waals surface area contributed by atoms with Crippen molar-refractivity contribution in [2.24, 2.45) is 0 Å². The number of aryl methyl sites for hydroxylation is 1. The summed E-state index contributed by atoms with van der Waals surface area (Å²) in [5.41, 5.74) is 3.84. The lowest BCUT2D eigenvalue weighted by atomic mass is 10.0. The number of amides is 2. The first-order valence-electron chi connectivity index (χ1n) is 11.2. The molecule has 0 atom stereocenters. The number of anilines is 2. The molecule has 0 fully saturated rings. The first-order valence-corrected chi connectivity index (χ1v) is 12.7. The Kier molecular flexibility index (Phi) is 9.50. The molecule has 0 aromatic heterocycles. The average Bonchev–Trinajstić information content (AvgIpc) is 2.86. The van der Waals surface area contributed by atoms with Crippen LogP contribution in [-0.4, -0.2) is 42.9 Å². The SMILES string of the molecule is CCN(C(=O)CSCC(=O)Nc1ccc(Cl)cc1C(=O)OC)c1cc(-c2ccc(F)cc2)ccc1C. The van der Waals surface area contributed by atoms with Gasteiger partial charge in [0.05, 0.1) is 29.9 Å². The van der Waals surface area contributed by atoms with Crippen LogP contribution in [-0.2, 0) is 14.3 Å². The summed E-state index contributed by atoms with van der Waals surface area (Å²) < 4.78 is 18.0. The summed E-state index contributed by atoms with van der Waals surface area (Å²) in [6, 6.07) is 16.5. The molecule has 0 heterocycles. The van der Waals surface area contributed by atoms with E-state index in [1.54, 1.807) is 23.1 Å². The van der Waals surface area contributed by atoms with Crippen LogP contribution in [0.3, 0.4) is 0 Å². The molecule has 0 spiro atoms. The highest BCUT2D eigenvalue weighted by atomic mass is 35.5. The second-order valence-electron chi connectivity index (χ2n) is 7.87. The van der Waals surface area contributed by atoms with Crippen LogP contribution < -0.4 is 10.2 Å². The number of hydrogen-bond donors (Lipinski definition) is 1. The first-order chi connectivity index (χ1) is 17.2. The molecule has 0 aliphatic carbocycles. The normalized spacial score (nSPS) is 10.6. The lowest BCUT2D eigenvalue weighted by molar-refractivity contribution is -0.116. The summed E-state index contributed by atoms with van der Waals surface area (Å²) in [6.45, 7) is 4.26. The molecular weight excluding hydrogens is 503 g/mol. The van der Waals surface area contributed by atoms with Crippen LogP contribution in [0, 0.1) is 12.7 Å². The third kappa shape index (κ3) is 6.86. The number of hydrogen-bond acceptors (Lipinski definition) is 5. The highest BCUT2D eigenvalue weighted by Crippen LogP contribution is 2.29. The largest absolute Gasteiger partial charge is 0.465 e. The van der Waals surface area contributed by atoms with E-state index in [-0.39, 0.29) is 40.4 Å². The second kappa shape index (κ2) is 12.6. The minimum absolute atomic E-state index is 0.0150. The van der Waals surface area contributed by atoms with Gasteiger partial charge in [-0.3, -0.25) is 9.59 Å². The van der Waals surface area contributed by atoms with Crippen molar-refractivity contribution in [1.82, 2.24) is 0 Å². The van der Waals surface area contributed by atoms with Crippen LogP contribution in [0.4, 0.5) is 15.8 Å². The number of rotatable bonds is 9. The number of nitrogens with zero attached hydrogens (tertiary/aromatic N) is 1. The molecular formula is C27H26ClFN2O4S. The molecule has 1 N–H and O–H groups in total. The van der Waals surface area contributed by atoms with E-state index < -0.39 is 5.97 Å². The van der Waals surface area contributed by atoms with Gasteiger partial charge in [-0.1, -0.05) is 35.9 Å². The Balaban J connectivity index is 1.64. The zero-order chi connectivity index (χ0) is 26.2. The van der Waals surface area contributed by atoms with Gasteiger partial charge in [-0.15, -0.1) is 11.8 Å². The molecule has 0 unspecified atom stereocenters.